The first-order valence-electron chi connectivity index (χ1n) is 21.8. The van der Waals surface area contributed by atoms with Crippen LogP contribution in [0, 0.1) is 23.7 Å². The van der Waals surface area contributed by atoms with E-state index in [1.165, 1.54) is 0 Å². The number of hydrogen-bond acceptors (Lipinski definition) is 9. The first-order chi connectivity index (χ1) is 28.9. The molecule has 2 N–H and O–H groups in total. The highest BCUT2D eigenvalue weighted by atomic mass is 16.6. The number of ether oxygens (including phenoxy) is 2. The number of nitrogens with one attached hydrogen (secondary N) is 2. The van der Waals surface area contributed by atoms with Crippen molar-refractivity contribution in [2.24, 2.45) is 28.8 Å². The van der Waals surface area contributed by atoms with E-state index in [1.54, 1.807) is 0 Å². The average Bonchev–Trinajstić information content (AvgIpc) is 3.98. The molecule has 5 rings (SSSR count). The third kappa shape index (κ3) is 15.4. The second-order valence-electron chi connectivity index (χ2n) is 17.5. The molecule has 11 heteroatoms. The van der Waals surface area contributed by atoms with Gasteiger partial charge in [0.2, 0.25) is 11.8 Å². The van der Waals surface area contributed by atoms with E-state index in [9.17, 15) is 19.2 Å². The normalized spacial score (nSPS) is 18.9. The number of morpholine rings is 1. The number of nitrogens with zero attached hydrogens (tertiary/aromatic N) is 2. The summed E-state index contributed by atoms with van der Waals surface area (Å²) >= 11 is 0. The minimum atomic E-state index is -0.828. The molecule has 0 aliphatic carbocycles. The maximum Gasteiger partial charge on any atom is 0.224 e. The van der Waals surface area contributed by atoms with Gasteiger partial charge in [0, 0.05) is 37.8 Å². The zero-order valence-corrected chi connectivity index (χ0v) is 36.3. The summed E-state index contributed by atoms with van der Waals surface area (Å²) in [6, 6.07) is 28.0. The molecule has 2 fully saturated rings. The molecule has 2 aliphatic rings. The van der Waals surface area contributed by atoms with Crippen LogP contribution < -0.4 is 10.6 Å². The zero-order valence-electron chi connectivity index (χ0n) is 36.3. The van der Waals surface area contributed by atoms with Gasteiger partial charge in [0.25, 0.3) is 0 Å². The lowest BCUT2D eigenvalue weighted by Crippen LogP contribution is -2.50. The average molecular weight is 823 g/mol. The molecule has 2 aliphatic heterocycles. The number of epoxide rings is 1. The van der Waals surface area contributed by atoms with Gasteiger partial charge in [-0.15, -0.1) is 0 Å². The fraction of sp³-hybridized carbons (Fsp3) is 0.531. The molecule has 0 spiro atoms. The summed E-state index contributed by atoms with van der Waals surface area (Å²) < 4.78 is 11.3. The molecule has 0 bridgehead atoms. The molecule has 3 aromatic carbocycles. The summed E-state index contributed by atoms with van der Waals surface area (Å²) in [6.07, 6.45) is 2.40. The van der Waals surface area contributed by atoms with Crippen molar-refractivity contribution < 1.29 is 33.5 Å². The van der Waals surface area contributed by atoms with Crippen molar-refractivity contribution in [1.82, 2.24) is 15.5 Å². The van der Waals surface area contributed by atoms with Crippen LogP contribution in [0.15, 0.2) is 96.2 Å². The van der Waals surface area contributed by atoms with Crippen molar-refractivity contribution >= 4 is 29.1 Å². The highest BCUT2D eigenvalue weighted by molar-refractivity contribution is 6.01. The SMILES string of the molecule is CC(C)C[C@H](NC(=O)[C@H](CCc1ccccc1)CC(=O)CN1CCOCC1)C(=O)C[C@@H](Cc1ccccc1)C(=O)N[C@@H](CC(C)C)/C(=N/OCc1ccccc1)[C@@]1(C)CO1. The minimum Gasteiger partial charge on any atom is -0.391 e. The number of rotatable bonds is 25. The number of oxime groups is 1. The molecule has 5 atom stereocenters. The predicted octanol–water partition coefficient (Wildman–Crippen LogP) is 6.77. The number of amides is 2. The number of benzene rings is 3. The number of carbonyl (C=O) groups is 4. The molecule has 0 aromatic heterocycles. The van der Waals surface area contributed by atoms with Gasteiger partial charge in [-0.2, -0.15) is 0 Å². The summed E-state index contributed by atoms with van der Waals surface area (Å²) in [6.45, 7) is 13.7. The van der Waals surface area contributed by atoms with E-state index in [0.717, 1.165) is 16.7 Å². The third-order valence-electron chi connectivity index (χ3n) is 11.2. The second kappa shape index (κ2) is 23.3. The lowest BCUT2D eigenvalue weighted by atomic mass is 9.87. The van der Waals surface area contributed by atoms with E-state index in [2.05, 4.69) is 34.5 Å². The van der Waals surface area contributed by atoms with Crippen molar-refractivity contribution in [3.63, 3.8) is 0 Å². The predicted molar refractivity (Wildman–Crippen MR) is 234 cm³/mol. The van der Waals surface area contributed by atoms with Crippen molar-refractivity contribution in [2.45, 2.75) is 104 Å². The molecule has 2 amide bonds. The molecule has 0 radical (unpaired) electrons. The zero-order chi connectivity index (χ0) is 42.9. The maximum atomic E-state index is 14.6. The largest absolute Gasteiger partial charge is 0.391 e. The number of carbonyl (C=O) groups excluding carboxylic acids is 4. The van der Waals surface area contributed by atoms with Crippen molar-refractivity contribution in [2.75, 3.05) is 39.5 Å². The quantitative estimate of drug-likeness (QED) is 0.0543. The van der Waals surface area contributed by atoms with E-state index in [1.807, 2.05) is 112 Å². The molecule has 0 unspecified atom stereocenters. The van der Waals surface area contributed by atoms with Crippen LogP contribution in [0.5, 0.6) is 0 Å². The topological polar surface area (TPSA) is 139 Å². The maximum absolute atomic E-state index is 14.6. The number of hydrogen-bond donors (Lipinski definition) is 2. The molecule has 0 saturated carbocycles. The van der Waals surface area contributed by atoms with E-state index < -0.39 is 29.5 Å². The van der Waals surface area contributed by atoms with Crippen molar-refractivity contribution in [1.29, 1.82) is 0 Å². The van der Waals surface area contributed by atoms with Crippen molar-refractivity contribution in [3.8, 4) is 0 Å². The summed E-state index contributed by atoms with van der Waals surface area (Å²) in [5.41, 5.74) is 2.90. The Morgan fingerprint density at radius 1 is 0.733 bits per heavy atom. The molecule has 3 aromatic rings. The van der Waals surface area contributed by atoms with Crippen molar-refractivity contribution in [3.05, 3.63) is 108 Å². The van der Waals surface area contributed by atoms with Crippen LogP contribution >= 0.6 is 0 Å². The van der Waals surface area contributed by atoms with Crippen LogP contribution in [0.3, 0.4) is 0 Å². The second-order valence-corrected chi connectivity index (χ2v) is 17.5. The molecule has 324 valence electrons. The van der Waals surface area contributed by atoms with E-state index in [-0.39, 0.29) is 61.2 Å². The standard InChI is InChI=1S/C49H66N4O7/c1-35(2)27-43(50-47(56)40(22-21-37-15-9-6-10-16-37)30-42(54)32-53-23-25-58-26-24-53)45(55)31-41(29-38-17-11-7-12-18-38)48(57)51-44(28-36(3)4)46(49(5)34-59-49)52-60-33-39-19-13-8-14-20-39/h6-20,35-36,40-41,43-44H,21-34H2,1-5H3,(H,50,56)(H,51,57)/b52-46-/t40-,41-,43+,44+,49-/m1/s1. The molecule has 2 heterocycles. The van der Waals surface area contributed by atoms with Gasteiger partial charge in [-0.05, 0) is 67.6 Å². The van der Waals surface area contributed by atoms with Gasteiger partial charge in [-0.25, -0.2) is 0 Å². The Labute approximate surface area is 357 Å². The fourth-order valence-electron chi connectivity index (χ4n) is 7.77. The Hall–Kier alpha value is -4.71. The molecular formula is C49H66N4O7. The van der Waals surface area contributed by atoms with Gasteiger partial charge in [0.15, 0.2) is 5.78 Å². The Balaban J connectivity index is 1.34. The first-order valence-corrected chi connectivity index (χ1v) is 21.8. The number of ketones is 2. The molecule has 60 heavy (non-hydrogen) atoms. The summed E-state index contributed by atoms with van der Waals surface area (Å²) in [4.78, 5) is 64.7. The number of aryl methyl sites for hydroxylation is 1. The van der Waals surface area contributed by atoms with Gasteiger partial charge in [-0.1, -0.05) is 124 Å². The van der Waals surface area contributed by atoms with Gasteiger partial charge in [-0.3, -0.25) is 24.1 Å². The van der Waals surface area contributed by atoms with Crippen LogP contribution in [-0.2, 0) is 52.9 Å². The fourth-order valence-corrected chi connectivity index (χ4v) is 7.77. The first kappa shape index (κ1) is 46.4. The van der Waals surface area contributed by atoms with Crippen LogP contribution in [0.25, 0.3) is 0 Å². The lowest BCUT2D eigenvalue weighted by molar-refractivity contribution is -0.134. The van der Waals surface area contributed by atoms with Gasteiger partial charge >= 0.3 is 0 Å². The Bertz CT molecular complexity index is 1830. The van der Waals surface area contributed by atoms with Gasteiger partial charge in [0.1, 0.15) is 23.7 Å². The Morgan fingerprint density at radius 2 is 1.27 bits per heavy atom. The van der Waals surface area contributed by atoms with E-state index in [4.69, 9.17) is 14.3 Å². The Kier molecular flexibility index (Phi) is 18.0. The van der Waals surface area contributed by atoms with Crippen LogP contribution in [0.4, 0.5) is 0 Å². The summed E-state index contributed by atoms with van der Waals surface area (Å²) in [5.74, 6) is -1.88. The van der Waals surface area contributed by atoms with Gasteiger partial charge in [0.05, 0.1) is 38.4 Å². The van der Waals surface area contributed by atoms with Gasteiger partial charge < -0.3 is 24.9 Å². The smallest absolute Gasteiger partial charge is 0.224 e. The highest BCUT2D eigenvalue weighted by Gasteiger charge is 2.49. The molecule has 11 nitrogen and oxygen atoms in total. The van der Waals surface area contributed by atoms with Crippen LogP contribution in [0.1, 0.15) is 83.4 Å². The summed E-state index contributed by atoms with van der Waals surface area (Å²) in [5, 5.41) is 11.0. The highest BCUT2D eigenvalue weighted by Crippen LogP contribution is 2.32. The van der Waals surface area contributed by atoms with E-state index >= 15 is 0 Å². The Morgan fingerprint density at radius 3 is 1.85 bits per heavy atom. The monoisotopic (exact) mass is 822 g/mol. The minimum absolute atomic E-state index is 0.00812. The van der Waals surface area contributed by atoms with Crippen LogP contribution in [-0.4, -0.2) is 91.1 Å². The molecule has 2 saturated heterocycles. The third-order valence-corrected chi connectivity index (χ3v) is 11.2. The van der Waals surface area contributed by atoms with E-state index in [0.29, 0.717) is 70.7 Å². The lowest BCUT2D eigenvalue weighted by Gasteiger charge is -2.28. The summed E-state index contributed by atoms with van der Waals surface area (Å²) in [7, 11) is 0. The van der Waals surface area contributed by atoms with Crippen LogP contribution in [0.2, 0.25) is 0 Å². The number of Topliss-reactive ketones (excluding diaryl/α,β-unsaturated/α-hetero) is 2. The molecular weight excluding hydrogens is 757 g/mol.